The van der Waals surface area contributed by atoms with Crippen molar-refractivity contribution < 1.29 is 14.3 Å². The summed E-state index contributed by atoms with van der Waals surface area (Å²) in [5.74, 6) is 0.700. The molecule has 50 heavy (non-hydrogen) atoms. The Morgan fingerprint density at radius 2 is 0.980 bits per heavy atom. The summed E-state index contributed by atoms with van der Waals surface area (Å²) in [5, 5.41) is 0. The molecule has 2 aromatic heterocycles. The molecule has 0 bridgehead atoms. The number of benzene rings is 7. The highest BCUT2D eigenvalue weighted by atomic mass is 16.4. The molecule has 1 unspecified atom stereocenters. The van der Waals surface area contributed by atoms with Crippen molar-refractivity contribution in [3.05, 3.63) is 180 Å². The van der Waals surface area contributed by atoms with Crippen LogP contribution in [0.4, 0.5) is 0 Å². The van der Waals surface area contributed by atoms with Crippen LogP contribution in [0.3, 0.4) is 0 Å². The van der Waals surface area contributed by atoms with E-state index < -0.39 is 5.41 Å². The molecule has 0 fully saturated rings. The third-order valence-corrected chi connectivity index (χ3v) is 9.88. The summed E-state index contributed by atoms with van der Waals surface area (Å²) in [6.45, 7) is 2.22. The Morgan fingerprint density at radius 1 is 0.460 bits per heavy atom. The first-order valence-electron chi connectivity index (χ1n) is 18.6. The first-order chi connectivity index (χ1) is 26.3. The minimum absolute atomic E-state index is 0.126. The number of oxazole rings is 2. The molecule has 4 heteroatoms. The Hall–Kier alpha value is -6.52. The van der Waals surface area contributed by atoms with Crippen molar-refractivity contribution in [2.45, 2.75) is 12.3 Å². The molecule has 0 aliphatic heterocycles. The van der Waals surface area contributed by atoms with Crippen molar-refractivity contribution in [3.63, 3.8) is 0 Å². The first-order valence-corrected chi connectivity index (χ1v) is 16.6. The number of hydrogen-bond acceptors (Lipinski definition) is 4. The smallest absolute Gasteiger partial charge is 0.227 e. The highest BCUT2D eigenvalue weighted by molar-refractivity contribution is 5.87. The molecule has 0 radical (unpaired) electrons. The minimum Gasteiger partial charge on any atom is -0.436 e. The van der Waals surface area contributed by atoms with E-state index in [1.807, 2.05) is 97.1 Å². The first kappa shape index (κ1) is 24.6. The van der Waals surface area contributed by atoms with Crippen LogP contribution >= 0.6 is 0 Å². The van der Waals surface area contributed by atoms with Crippen LogP contribution in [0, 0.1) is 0 Å². The summed E-state index contributed by atoms with van der Waals surface area (Å²) >= 11 is 0. The molecule has 10 rings (SSSR count). The summed E-state index contributed by atoms with van der Waals surface area (Å²) in [5.41, 5.74) is 10.4. The van der Waals surface area contributed by atoms with Crippen molar-refractivity contribution in [1.82, 2.24) is 9.97 Å². The van der Waals surface area contributed by atoms with Crippen LogP contribution < -0.4 is 0 Å². The molecule has 1 atom stereocenters. The molecule has 0 saturated heterocycles. The van der Waals surface area contributed by atoms with Crippen LogP contribution in [-0.2, 0) is 5.41 Å². The van der Waals surface area contributed by atoms with Gasteiger partial charge in [-0.1, -0.05) is 115 Å². The van der Waals surface area contributed by atoms with Gasteiger partial charge in [0.15, 0.2) is 11.2 Å². The van der Waals surface area contributed by atoms with E-state index >= 15 is 0 Å². The van der Waals surface area contributed by atoms with E-state index in [1.54, 1.807) is 12.1 Å². The van der Waals surface area contributed by atoms with Gasteiger partial charge in [-0.25, -0.2) is 9.97 Å². The molecule has 1 aliphatic carbocycles. The van der Waals surface area contributed by atoms with Crippen molar-refractivity contribution >= 4 is 22.2 Å². The fourth-order valence-electron chi connectivity index (χ4n) is 7.34. The lowest BCUT2D eigenvalue weighted by Crippen LogP contribution is -2.22. The maximum atomic E-state index is 9.39. The zero-order valence-electron chi connectivity index (χ0n) is 31.0. The van der Waals surface area contributed by atoms with Crippen molar-refractivity contribution in [2.75, 3.05) is 0 Å². The number of nitrogens with zero attached hydrogens (tertiary/aromatic N) is 2. The Balaban J connectivity index is 1.15. The summed E-state index contributed by atoms with van der Waals surface area (Å²) in [6.07, 6.45) is 0. The van der Waals surface area contributed by atoms with Gasteiger partial charge in [0.1, 0.15) is 11.0 Å². The SMILES string of the molecule is [2H]c1c([2H])c(-c2ccc3c(c2)C(C)(c2ccccc2)c2ccccc2-3)c([2H])c([2H])c1-c1cc(-c2nc3ccccc3o2)cc(-c2nc3ccccc3o2)c1. The van der Waals surface area contributed by atoms with Gasteiger partial charge in [-0.3, -0.25) is 0 Å². The van der Waals surface area contributed by atoms with Crippen LogP contribution in [0.1, 0.15) is 29.1 Å². The minimum atomic E-state index is -0.479. The van der Waals surface area contributed by atoms with Gasteiger partial charge in [0.2, 0.25) is 11.8 Å². The maximum Gasteiger partial charge on any atom is 0.227 e. The fraction of sp³-hybridized carbons (Fsp3) is 0.0435. The number of rotatable bonds is 5. The summed E-state index contributed by atoms with van der Waals surface area (Å²) in [4.78, 5) is 9.44. The predicted octanol–water partition coefficient (Wildman–Crippen LogP) is 12.0. The van der Waals surface area contributed by atoms with Gasteiger partial charge in [0.25, 0.3) is 0 Å². The second-order valence-corrected chi connectivity index (χ2v) is 12.8. The third kappa shape index (κ3) is 4.46. The Labute approximate surface area is 295 Å². The molecule has 0 amide bonds. The van der Waals surface area contributed by atoms with Gasteiger partial charge < -0.3 is 8.83 Å². The maximum absolute atomic E-state index is 9.39. The van der Waals surface area contributed by atoms with Gasteiger partial charge in [-0.05, 0) is 106 Å². The summed E-state index contributed by atoms with van der Waals surface area (Å²) in [7, 11) is 0. The standard InChI is InChI=1S/C46H30N2O2/c1-46(35-11-3-2-4-12-35)38-14-6-5-13-36(38)37-24-23-31(28-39(37)46)29-19-21-30(22-20-29)32-25-33(44-47-40-15-7-9-17-42(40)49-44)27-34(26-32)45-48-41-16-8-10-18-43(41)50-45/h2-28H,1H3/i19D,20D,21D,22D. The molecule has 2 heterocycles. The average molecular weight is 647 g/mol. The van der Waals surface area contributed by atoms with E-state index in [2.05, 4.69) is 37.3 Å². The Morgan fingerprint density at radius 3 is 1.62 bits per heavy atom. The van der Waals surface area contributed by atoms with Crippen LogP contribution in [0.25, 0.3) is 78.5 Å². The van der Waals surface area contributed by atoms with Crippen LogP contribution in [-0.4, -0.2) is 9.97 Å². The zero-order valence-corrected chi connectivity index (χ0v) is 27.0. The fourth-order valence-corrected chi connectivity index (χ4v) is 7.34. The van der Waals surface area contributed by atoms with Crippen LogP contribution in [0.5, 0.6) is 0 Å². The normalized spacial score (nSPS) is 16.1. The third-order valence-electron chi connectivity index (χ3n) is 9.88. The number of aromatic nitrogens is 2. The lowest BCUT2D eigenvalue weighted by molar-refractivity contribution is 0.617. The van der Waals surface area contributed by atoms with Gasteiger partial charge >= 0.3 is 0 Å². The van der Waals surface area contributed by atoms with Crippen molar-refractivity contribution in [3.8, 4) is 56.3 Å². The van der Waals surface area contributed by atoms with E-state index in [0.717, 1.165) is 22.3 Å². The Kier molecular flexibility index (Phi) is 5.42. The monoisotopic (exact) mass is 646 g/mol. The van der Waals surface area contributed by atoms with Gasteiger partial charge in [-0.15, -0.1) is 0 Å². The molecule has 0 N–H and O–H groups in total. The van der Waals surface area contributed by atoms with Gasteiger partial charge in [0.05, 0.1) is 5.48 Å². The zero-order chi connectivity index (χ0) is 36.7. The molecule has 4 nitrogen and oxygen atoms in total. The molecule has 9 aromatic rings. The molecule has 7 aromatic carbocycles. The van der Waals surface area contributed by atoms with Crippen LogP contribution in [0.15, 0.2) is 173 Å². The average Bonchev–Trinajstić information content (AvgIpc) is 3.91. The highest BCUT2D eigenvalue weighted by Gasteiger charge is 2.40. The molecular weight excluding hydrogens is 613 g/mol. The molecule has 1 aliphatic rings. The quantitative estimate of drug-likeness (QED) is 0.187. The van der Waals surface area contributed by atoms with E-state index in [0.29, 0.717) is 56.2 Å². The van der Waals surface area contributed by atoms with Gasteiger partial charge in [0, 0.05) is 16.5 Å². The van der Waals surface area contributed by atoms with E-state index in [9.17, 15) is 5.48 Å². The van der Waals surface area contributed by atoms with Gasteiger partial charge in [-0.2, -0.15) is 0 Å². The number of fused-ring (bicyclic) bond motifs is 5. The van der Waals surface area contributed by atoms with Crippen LogP contribution in [0.2, 0.25) is 0 Å². The van der Waals surface area contributed by atoms with E-state index in [4.69, 9.17) is 18.8 Å². The topological polar surface area (TPSA) is 52.1 Å². The summed E-state index contributed by atoms with van der Waals surface area (Å²) in [6, 6.07) is 44.6. The molecule has 0 saturated carbocycles. The second kappa shape index (κ2) is 11.0. The largest absolute Gasteiger partial charge is 0.436 e. The Bertz CT molecular complexity index is 2780. The lowest BCUT2D eigenvalue weighted by Gasteiger charge is -2.28. The summed E-state index contributed by atoms with van der Waals surface area (Å²) < 4.78 is 49.9. The van der Waals surface area contributed by atoms with E-state index in [-0.39, 0.29) is 35.3 Å². The van der Waals surface area contributed by atoms with Crippen molar-refractivity contribution in [2.24, 2.45) is 0 Å². The molecule has 236 valence electrons. The number of para-hydroxylation sites is 4. The van der Waals surface area contributed by atoms with Crippen molar-refractivity contribution in [1.29, 1.82) is 0 Å². The molecular formula is C46H30N2O2. The lowest BCUT2D eigenvalue weighted by atomic mass is 9.74. The predicted molar refractivity (Wildman–Crippen MR) is 201 cm³/mol. The highest BCUT2D eigenvalue weighted by Crippen LogP contribution is 2.53. The second-order valence-electron chi connectivity index (χ2n) is 12.8. The number of hydrogen-bond donors (Lipinski definition) is 0. The van der Waals surface area contributed by atoms with E-state index in [1.165, 1.54) is 5.56 Å². The molecule has 0 spiro atoms.